The SMILES string of the molecule is CCNC(=NCc1ccccc1C)NCCCCN1CCN(CC)CC1.I. The number of benzene rings is 1. The first-order valence-corrected chi connectivity index (χ1v) is 10.2. The number of likely N-dealkylation sites (N-methyl/N-ethyl adjacent to an activating group) is 1. The maximum absolute atomic E-state index is 4.73. The first-order chi connectivity index (χ1) is 12.7. The molecule has 1 aromatic rings. The molecule has 0 saturated carbocycles. The summed E-state index contributed by atoms with van der Waals surface area (Å²) in [7, 11) is 0. The van der Waals surface area contributed by atoms with E-state index in [1.165, 1.54) is 63.2 Å². The molecule has 1 fully saturated rings. The van der Waals surface area contributed by atoms with Crippen LogP contribution in [-0.2, 0) is 6.54 Å². The number of nitrogens with one attached hydrogen (secondary N) is 2. The Morgan fingerprint density at radius 3 is 2.37 bits per heavy atom. The quantitative estimate of drug-likeness (QED) is 0.243. The number of piperazine rings is 1. The molecule has 2 rings (SSSR count). The number of hydrogen-bond acceptors (Lipinski definition) is 3. The number of aryl methyl sites for hydroxylation is 1. The van der Waals surface area contributed by atoms with Crippen LogP contribution < -0.4 is 10.6 Å². The molecule has 2 N–H and O–H groups in total. The summed E-state index contributed by atoms with van der Waals surface area (Å²) in [5, 5.41) is 6.82. The average Bonchev–Trinajstić information content (AvgIpc) is 2.67. The van der Waals surface area contributed by atoms with Gasteiger partial charge in [0.05, 0.1) is 6.54 Å². The van der Waals surface area contributed by atoms with Crippen molar-refractivity contribution in [2.75, 3.05) is 52.4 Å². The van der Waals surface area contributed by atoms with Crippen LogP contribution in [0.2, 0.25) is 0 Å². The lowest BCUT2D eigenvalue weighted by molar-refractivity contribution is 0.136. The zero-order valence-electron chi connectivity index (χ0n) is 17.3. The van der Waals surface area contributed by atoms with E-state index in [0.29, 0.717) is 0 Å². The van der Waals surface area contributed by atoms with Crippen molar-refractivity contribution in [1.29, 1.82) is 0 Å². The van der Waals surface area contributed by atoms with E-state index in [9.17, 15) is 0 Å². The van der Waals surface area contributed by atoms with Crippen molar-refractivity contribution >= 4 is 29.9 Å². The Hall–Kier alpha value is -0.860. The Morgan fingerprint density at radius 1 is 1.00 bits per heavy atom. The maximum atomic E-state index is 4.73. The van der Waals surface area contributed by atoms with Crippen molar-refractivity contribution in [2.24, 2.45) is 4.99 Å². The van der Waals surface area contributed by atoms with Crippen molar-refractivity contribution in [2.45, 2.75) is 40.2 Å². The molecular weight excluding hydrogens is 449 g/mol. The second-order valence-electron chi connectivity index (χ2n) is 7.03. The van der Waals surface area contributed by atoms with E-state index in [1.807, 2.05) is 0 Å². The zero-order valence-corrected chi connectivity index (χ0v) is 19.7. The van der Waals surface area contributed by atoms with E-state index in [2.05, 4.69) is 65.5 Å². The van der Waals surface area contributed by atoms with Gasteiger partial charge in [0.25, 0.3) is 0 Å². The van der Waals surface area contributed by atoms with Crippen LogP contribution in [0.5, 0.6) is 0 Å². The van der Waals surface area contributed by atoms with Gasteiger partial charge in [-0.25, -0.2) is 4.99 Å². The monoisotopic (exact) mass is 487 g/mol. The molecule has 0 atom stereocenters. The van der Waals surface area contributed by atoms with E-state index in [0.717, 1.165) is 25.6 Å². The highest BCUT2D eigenvalue weighted by atomic mass is 127. The van der Waals surface area contributed by atoms with Gasteiger partial charge in [-0.2, -0.15) is 0 Å². The number of hydrogen-bond donors (Lipinski definition) is 2. The van der Waals surface area contributed by atoms with E-state index >= 15 is 0 Å². The van der Waals surface area contributed by atoms with E-state index in [1.54, 1.807) is 0 Å². The molecule has 0 unspecified atom stereocenters. The van der Waals surface area contributed by atoms with E-state index in [-0.39, 0.29) is 24.0 Å². The minimum Gasteiger partial charge on any atom is -0.357 e. The molecule has 6 heteroatoms. The number of rotatable bonds is 9. The molecule has 154 valence electrons. The molecule has 1 aromatic carbocycles. The van der Waals surface area contributed by atoms with Gasteiger partial charge in [-0.05, 0) is 50.9 Å². The first-order valence-electron chi connectivity index (χ1n) is 10.2. The third-order valence-electron chi connectivity index (χ3n) is 5.12. The fraction of sp³-hybridized carbons (Fsp3) is 0.667. The topological polar surface area (TPSA) is 42.9 Å². The van der Waals surface area contributed by atoms with Gasteiger partial charge in [0.2, 0.25) is 0 Å². The predicted molar refractivity (Wildman–Crippen MR) is 127 cm³/mol. The zero-order chi connectivity index (χ0) is 18.6. The molecule has 0 aromatic heterocycles. The van der Waals surface area contributed by atoms with Gasteiger partial charge >= 0.3 is 0 Å². The molecule has 1 aliphatic heterocycles. The van der Waals surface area contributed by atoms with Crippen molar-refractivity contribution in [3.63, 3.8) is 0 Å². The van der Waals surface area contributed by atoms with Gasteiger partial charge < -0.3 is 20.4 Å². The van der Waals surface area contributed by atoms with Crippen LogP contribution in [0.15, 0.2) is 29.3 Å². The van der Waals surface area contributed by atoms with Crippen LogP contribution in [0.25, 0.3) is 0 Å². The highest BCUT2D eigenvalue weighted by molar-refractivity contribution is 14.0. The van der Waals surface area contributed by atoms with Gasteiger partial charge in [-0.3, -0.25) is 0 Å². The highest BCUT2D eigenvalue weighted by Gasteiger charge is 2.14. The Labute approximate surface area is 183 Å². The minimum atomic E-state index is 0. The van der Waals surface area contributed by atoms with Gasteiger partial charge in [0.15, 0.2) is 5.96 Å². The molecular formula is C21H38IN5. The summed E-state index contributed by atoms with van der Waals surface area (Å²) in [5.74, 6) is 0.923. The highest BCUT2D eigenvalue weighted by Crippen LogP contribution is 2.08. The molecule has 27 heavy (non-hydrogen) atoms. The fourth-order valence-electron chi connectivity index (χ4n) is 3.29. The summed E-state index contributed by atoms with van der Waals surface area (Å²) in [6.07, 6.45) is 2.43. The smallest absolute Gasteiger partial charge is 0.191 e. The molecule has 1 heterocycles. The minimum absolute atomic E-state index is 0. The normalized spacial score (nSPS) is 16.0. The third-order valence-corrected chi connectivity index (χ3v) is 5.12. The van der Waals surface area contributed by atoms with E-state index in [4.69, 9.17) is 4.99 Å². The largest absolute Gasteiger partial charge is 0.357 e. The average molecular weight is 487 g/mol. The van der Waals surface area contributed by atoms with Crippen LogP contribution in [0.1, 0.15) is 37.8 Å². The van der Waals surface area contributed by atoms with Gasteiger partial charge in [0, 0.05) is 39.3 Å². The number of guanidine groups is 1. The molecule has 0 amide bonds. The molecule has 1 aliphatic rings. The molecule has 0 aliphatic carbocycles. The summed E-state index contributed by atoms with van der Waals surface area (Å²) in [6.45, 7) is 16.4. The fourth-order valence-corrected chi connectivity index (χ4v) is 3.29. The van der Waals surface area contributed by atoms with Gasteiger partial charge in [0.1, 0.15) is 0 Å². The summed E-state index contributed by atoms with van der Waals surface area (Å²) in [6, 6.07) is 8.46. The summed E-state index contributed by atoms with van der Waals surface area (Å²) >= 11 is 0. The number of unbranched alkanes of at least 4 members (excludes halogenated alkanes) is 1. The lowest BCUT2D eigenvalue weighted by Gasteiger charge is -2.34. The number of aliphatic imine (C=N–C) groups is 1. The Balaban J connectivity index is 0.00000364. The van der Waals surface area contributed by atoms with Crippen molar-refractivity contribution < 1.29 is 0 Å². The molecule has 0 bridgehead atoms. The van der Waals surface area contributed by atoms with Gasteiger partial charge in [-0.15, -0.1) is 24.0 Å². The van der Waals surface area contributed by atoms with Crippen LogP contribution in [0.4, 0.5) is 0 Å². The third kappa shape index (κ3) is 9.25. The lowest BCUT2D eigenvalue weighted by Crippen LogP contribution is -2.46. The Morgan fingerprint density at radius 2 is 1.70 bits per heavy atom. The predicted octanol–water partition coefficient (Wildman–Crippen LogP) is 3.09. The van der Waals surface area contributed by atoms with Crippen LogP contribution in [0, 0.1) is 6.92 Å². The lowest BCUT2D eigenvalue weighted by atomic mass is 10.1. The van der Waals surface area contributed by atoms with Gasteiger partial charge in [-0.1, -0.05) is 31.2 Å². The standard InChI is InChI=1S/C21H37N5.HI/c1-4-22-21(24-18-20-11-7-6-10-19(20)3)23-12-8-9-13-26-16-14-25(5-2)15-17-26;/h6-7,10-11H,4-5,8-9,12-18H2,1-3H3,(H2,22,23,24);1H. The van der Waals surface area contributed by atoms with Crippen LogP contribution >= 0.6 is 24.0 Å². The summed E-state index contributed by atoms with van der Waals surface area (Å²) in [5.41, 5.74) is 2.59. The second-order valence-corrected chi connectivity index (χ2v) is 7.03. The molecule has 0 spiro atoms. The number of halogens is 1. The Kier molecular flexibility index (Phi) is 12.7. The summed E-state index contributed by atoms with van der Waals surface area (Å²) < 4.78 is 0. The van der Waals surface area contributed by atoms with Crippen molar-refractivity contribution in [1.82, 2.24) is 20.4 Å². The first kappa shape index (κ1) is 24.2. The van der Waals surface area contributed by atoms with Crippen molar-refractivity contribution in [3.05, 3.63) is 35.4 Å². The van der Waals surface area contributed by atoms with Crippen molar-refractivity contribution in [3.8, 4) is 0 Å². The molecule has 0 radical (unpaired) electrons. The van der Waals surface area contributed by atoms with Crippen LogP contribution in [0.3, 0.4) is 0 Å². The molecule has 5 nitrogen and oxygen atoms in total. The summed E-state index contributed by atoms with van der Waals surface area (Å²) in [4.78, 5) is 9.86. The van der Waals surface area contributed by atoms with E-state index < -0.39 is 0 Å². The molecule has 1 saturated heterocycles. The van der Waals surface area contributed by atoms with Crippen LogP contribution in [-0.4, -0.2) is 68.1 Å². The second kappa shape index (κ2) is 14.2. The number of nitrogens with zero attached hydrogens (tertiary/aromatic N) is 3. The Bertz CT molecular complexity index is 541. The maximum Gasteiger partial charge on any atom is 0.191 e.